The quantitative estimate of drug-likeness (QED) is 0.677. The van der Waals surface area contributed by atoms with Gasteiger partial charge in [-0.2, -0.15) is 0 Å². The maximum absolute atomic E-state index is 12.2. The number of para-hydroxylation sites is 1. The van der Waals surface area contributed by atoms with Crippen LogP contribution in [0.1, 0.15) is 44.5 Å². The number of ether oxygens (including phenoxy) is 1. The fourth-order valence-corrected chi connectivity index (χ4v) is 3.10. The first-order valence-electron chi connectivity index (χ1n) is 8.53. The number of nitrogens with one attached hydrogen (secondary N) is 1. The van der Waals surface area contributed by atoms with E-state index in [1.165, 1.54) is 31.3 Å². The molecule has 0 spiro atoms. The second-order valence-electron chi connectivity index (χ2n) is 6.74. The molecule has 1 aromatic carbocycles. The Morgan fingerprint density at radius 2 is 1.92 bits per heavy atom. The third kappa shape index (κ3) is 3.11. The van der Waals surface area contributed by atoms with Crippen molar-refractivity contribution >= 4 is 16.9 Å². The lowest BCUT2D eigenvalue weighted by atomic mass is 10.1. The van der Waals surface area contributed by atoms with Crippen molar-refractivity contribution < 1.29 is 9.53 Å². The zero-order chi connectivity index (χ0) is 16.7. The lowest BCUT2D eigenvalue weighted by molar-refractivity contribution is -0.142. The second-order valence-corrected chi connectivity index (χ2v) is 6.74. The average molecular weight is 324 g/mol. The van der Waals surface area contributed by atoms with E-state index in [0.717, 1.165) is 0 Å². The molecule has 5 heteroatoms. The normalized spacial score (nSPS) is 18.2. The number of esters is 1. The lowest BCUT2D eigenvalue weighted by Gasteiger charge is -2.12. The van der Waals surface area contributed by atoms with E-state index in [4.69, 9.17) is 4.74 Å². The summed E-state index contributed by atoms with van der Waals surface area (Å²) in [7, 11) is 0. The number of benzene rings is 1. The molecule has 24 heavy (non-hydrogen) atoms. The van der Waals surface area contributed by atoms with Crippen molar-refractivity contribution in [1.29, 1.82) is 0 Å². The zero-order valence-corrected chi connectivity index (χ0v) is 13.6. The van der Waals surface area contributed by atoms with Crippen molar-refractivity contribution in [1.82, 2.24) is 9.97 Å². The Morgan fingerprint density at radius 3 is 2.58 bits per heavy atom. The Balaban J connectivity index is 1.53. The molecule has 2 aromatic rings. The number of H-pyrrole nitrogens is 1. The molecule has 1 heterocycles. The van der Waals surface area contributed by atoms with Crippen LogP contribution < -0.4 is 5.56 Å². The van der Waals surface area contributed by atoms with Crippen molar-refractivity contribution in [3.8, 4) is 0 Å². The van der Waals surface area contributed by atoms with Crippen LogP contribution in [0.4, 0.5) is 0 Å². The number of hydrogen-bond acceptors (Lipinski definition) is 4. The van der Waals surface area contributed by atoms with Gasteiger partial charge in [0.15, 0.2) is 11.9 Å². The first-order valence-corrected chi connectivity index (χ1v) is 8.53. The predicted molar refractivity (Wildman–Crippen MR) is 90.4 cm³/mol. The van der Waals surface area contributed by atoms with E-state index in [2.05, 4.69) is 9.97 Å². The van der Waals surface area contributed by atoms with Crippen LogP contribution in [0.2, 0.25) is 0 Å². The predicted octanol–water partition coefficient (Wildman–Crippen LogP) is 3.27. The topological polar surface area (TPSA) is 72.0 Å². The molecule has 0 radical (unpaired) electrons. The lowest BCUT2D eigenvalue weighted by Crippen LogP contribution is -2.17. The molecular weight excluding hydrogens is 304 g/mol. The Morgan fingerprint density at radius 1 is 1.25 bits per heavy atom. The third-order valence-electron chi connectivity index (χ3n) is 4.69. The van der Waals surface area contributed by atoms with Gasteiger partial charge in [0.25, 0.3) is 5.56 Å². The van der Waals surface area contributed by atoms with Gasteiger partial charge in [0.1, 0.15) is 0 Å². The number of nitrogens with zero attached hydrogens (tertiary/aromatic N) is 1. The van der Waals surface area contributed by atoms with Crippen LogP contribution in [0.5, 0.6) is 0 Å². The molecule has 0 aliphatic heterocycles. The van der Waals surface area contributed by atoms with E-state index in [-0.39, 0.29) is 11.5 Å². The highest BCUT2D eigenvalue weighted by molar-refractivity contribution is 5.83. The minimum Gasteiger partial charge on any atom is -0.451 e. The van der Waals surface area contributed by atoms with E-state index in [1.54, 1.807) is 31.2 Å². The Bertz CT molecular complexity index is 862. The summed E-state index contributed by atoms with van der Waals surface area (Å²) in [5, 5.41) is 0.532. The van der Waals surface area contributed by atoms with Gasteiger partial charge in [0, 0.05) is 6.08 Å². The molecule has 4 rings (SSSR count). The number of carbonyl (C=O) groups excluding carboxylic acids is 1. The molecule has 0 amide bonds. The molecule has 124 valence electrons. The minimum absolute atomic E-state index is 0.217. The third-order valence-corrected chi connectivity index (χ3v) is 4.69. The van der Waals surface area contributed by atoms with Crippen molar-refractivity contribution in [3.05, 3.63) is 52.1 Å². The van der Waals surface area contributed by atoms with Gasteiger partial charge in [-0.1, -0.05) is 17.7 Å². The average Bonchev–Trinajstić information content (AvgIpc) is 3.46. The number of aromatic nitrogens is 2. The minimum atomic E-state index is -0.592. The number of fused-ring (bicyclic) bond motifs is 1. The summed E-state index contributed by atoms with van der Waals surface area (Å²) < 4.78 is 5.48. The Kier molecular flexibility index (Phi) is 3.71. The fraction of sp³-hybridized carbons (Fsp3) is 0.421. The number of carbonyl (C=O) groups is 1. The smallest absolute Gasteiger partial charge is 0.331 e. The van der Waals surface area contributed by atoms with Gasteiger partial charge in [0.05, 0.1) is 10.9 Å². The van der Waals surface area contributed by atoms with Crippen molar-refractivity contribution in [3.63, 3.8) is 0 Å². The number of allylic oxidation sites excluding steroid dienone is 1. The highest BCUT2D eigenvalue weighted by Gasteiger charge is 2.37. The molecule has 2 fully saturated rings. The molecule has 0 saturated heterocycles. The van der Waals surface area contributed by atoms with Crippen molar-refractivity contribution in [2.75, 3.05) is 0 Å². The molecule has 1 N–H and O–H groups in total. The summed E-state index contributed by atoms with van der Waals surface area (Å²) in [6, 6.07) is 7.13. The first-order chi connectivity index (χ1) is 11.6. The van der Waals surface area contributed by atoms with Crippen LogP contribution in [0.3, 0.4) is 0 Å². The summed E-state index contributed by atoms with van der Waals surface area (Å²) >= 11 is 0. The summed E-state index contributed by atoms with van der Waals surface area (Å²) in [4.78, 5) is 31.5. The van der Waals surface area contributed by atoms with E-state index >= 15 is 0 Å². The van der Waals surface area contributed by atoms with Gasteiger partial charge in [0.2, 0.25) is 0 Å². The standard InChI is InChI=1S/C19H20N2O3/c1-11(18-20-16-5-3-2-4-14(16)19(23)21-18)24-17(22)10-15(12-6-7-12)13-8-9-13/h2-5,10-13H,6-9H2,1H3,(H,20,21,23). The van der Waals surface area contributed by atoms with Gasteiger partial charge in [-0.15, -0.1) is 0 Å². The summed E-state index contributed by atoms with van der Waals surface area (Å²) in [6.45, 7) is 1.73. The van der Waals surface area contributed by atoms with Gasteiger partial charge < -0.3 is 9.72 Å². The molecule has 1 unspecified atom stereocenters. The number of aromatic amines is 1. The zero-order valence-electron chi connectivity index (χ0n) is 13.6. The Labute approximate surface area is 139 Å². The monoisotopic (exact) mass is 324 g/mol. The van der Waals surface area contributed by atoms with Crippen LogP contribution in [-0.4, -0.2) is 15.9 Å². The maximum Gasteiger partial charge on any atom is 0.331 e. The molecule has 2 aliphatic rings. The van der Waals surface area contributed by atoms with Crippen LogP contribution in [0, 0.1) is 11.8 Å². The number of hydrogen-bond donors (Lipinski definition) is 1. The van der Waals surface area contributed by atoms with Gasteiger partial charge in [-0.25, -0.2) is 9.78 Å². The van der Waals surface area contributed by atoms with Crippen molar-refractivity contribution in [2.45, 2.75) is 38.7 Å². The summed E-state index contributed by atoms with van der Waals surface area (Å²) in [6.07, 6.45) is 5.82. The van der Waals surface area contributed by atoms with E-state index < -0.39 is 6.10 Å². The SMILES string of the molecule is CC(OC(=O)C=C(C1CC1)C1CC1)c1nc2ccccc2c(=O)[nH]1. The van der Waals surface area contributed by atoms with E-state index in [1.807, 2.05) is 6.07 Å². The summed E-state index contributed by atoms with van der Waals surface area (Å²) in [5.41, 5.74) is 1.64. The molecular formula is C19H20N2O3. The highest BCUT2D eigenvalue weighted by Crippen LogP contribution is 2.48. The highest BCUT2D eigenvalue weighted by atomic mass is 16.5. The molecule has 5 nitrogen and oxygen atoms in total. The largest absolute Gasteiger partial charge is 0.451 e. The van der Waals surface area contributed by atoms with Gasteiger partial charge >= 0.3 is 5.97 Å². The maximum atomic E-state index is 12.2. The van der Waals surface area contributed by atoms with Crippen LogP contribution >= 0.6 is 0 Å². The second kappa shape index (κ2) is 5.89. The Hall–Kier alpha value is -2.43. The first kappa shape index (κ1) is 15.1. The molecule has 1 atom stereocenters. The number of rotatable bonds is 5. The molecule has 2 aliphatic carbocycles. The van der Waals surface area contributed by atoms with Gasteiger partial charge in [-0.05, 0) is 56.6 Å². The van der Waals surface area contributed by atoms with Crippen LogP contribution in [0.15, 0.2) is 40.7 Å². The van der Waals surface area contributed by atoms with Gasteiger partial charge in [-0.3, -0.25) is 4.79 Å². The van der Waals surface area contributed by atoms with Crippen LogP contribution in [-0.2, 0) is 9.53 Å². The van der Waals surface area contributed by atoms with Crippen molar-refractivity contribution in [2.24, 2.45) is 11.8 Å². The van der Waals surface area contributed by atoms with Crippen LogP contribution in [0.25, 0.3) is 10.9 Å². The molecule has 2 saturated carbocycles. The van der Waals surface area contributed by atoms with E-state index in [9.17, 15) is 9.59 Å². The molecule has 1 aromatic heterocycles. The summed E-state index contributed by atoms with van der Waals surface area (Å²) in [5.74, 6) is 1.20. The van der Waals surface area contributed by atoms with E-state index in [0.29, 0.717) is 28.6 Å². The fourth-order valence-electron chi connectivity index (χ4n) is 3.10. The molecule has 0 bridgehead atoms.